The summed E-state index contributed by atoms with van der Waals surface area (Å²) < 4.78 is 0. The molecule has 4 heteroatoms. The Bertz CT molecular complexity index is 868. The van der Waals surface area contributed by atoms with E-state index in [1.54, 1.807) is 0 Å². The van der Waals surface area contributed by atoms with Crippen molar-refractivity contribution in [2.75, 3.05) is 13.1 Å². The highest BCUT2D eigenvalue weighted by Crippen LogP contribution is 2.48. The van der Waals surface area contributed by atoms with Gasteiger partial charge in [0, 0.05) is 31.8 Å². The van der Waals surface area contributed by atoms with Crippen molar-refractivity contribution in [3.8, 4) is 0 Å². The molecule has 1 aromatic rings. The largest absolute Gasteiger partial charge is 0.392 e. The van der Waals surface area contributed by atoms with Gasteiger partial charge in [-0.3, -0.25) is 4.79 Å². The molecule has 1 aromatic carbocycles. The summed E-state index contributed by atoms with van der Waals surface area (Å²) in [4.78, 5) is 14.8. The first-order valence-electron chi connectivity index (χ1n) is 14.5. The number of aryl methyl sites for hydroxylation is 1. The quantitative estimate of drug-likeness (QED) is 0.219. The van der Waals surface area contributed by atoms with Crippen LogP contribution in [0.2, 0.25) is 0 Å². The van der Waals surface area contributed by atoms with E-state index < -0.39 is 6.10 Å². The highest BCUT2D eigenvalue weighted by molar-refractivity contribution is 5.76. The molecule has 2 aliphatic rings. The van der Waals surface area contributed by atoms with Crippen LogP contribution >= 0.6 is 0 Å². The van der Waals surface area contributed by atoms with Gasteiger partial charge in [0.25, 0.3) is 0 Å². The van der Waals surface area contributed by atoms with Gasteiger partial charge in [0.1, 0.15) is 0 Å². The molecule has 0 unspecified atom stereocenters. The van der Waals surface area contributed by atoms with E-state index in [0.29, 0.717) is 30.6 Å². The molecule has 1 amide bonds. The van der Waals surface area contributed by atoms with Gasteiger partial charge in [0.2, 0.25) is 5.91 Å². The molecular formula is C32H49NO3. The lowest BCUT2D eigenvalue weighted by molar-refractivity contribution is -0.131. The fourth-order valence-electron chi connectivity index (χ4n) is 6.04. The van der Waals surface area contributed by atoms with E-state index in [4.69, 9.17) is 0 Å². The second-order valence-electron chi connectivity index (χ2n) is 11.2. The zero-order valence-electron chi connectivity index (χ0n) is 22.9. The number of carbonyl (C=O) groups excluding carboxylic acids is 1. The molecule has 0 bridgehead atoms. The molecule has 4 nitrogen and oxygen atoms in total. The first-order chi connectivity index (χ1) is 17.4. The number of nitrogens with zero attached hydrogens (tertiary/aromatic N) is 1. The van der Waals surface area contributed by atoms with E-state index in [1.807, 2.05) is 12.1 Å². The maximum absolute atomic E-state index is 12.7. The van der Waals surface area contributed by atoms with Gasteiger partial charge in [-0.15, -0.1) is 0 Å². The smallest absolute Gasteiger partial charge is 0.222 e. The zero-order chi connectivity index (χ0) is 25.9. The minimum absolute atomic E-state index is 0.114. The van der Waals surface area contributed by atoms with E-state index in [9.17, 15) is 15.0 Å². The number of carbonyl (C=O) groups is 1. The lowest BCUT2D eigenvalue weighted by Gasteiger charge is -2.22. The Labute approximate surface area is 219 Å². The molecule has 200 valence electrons. The predicted molar refractivity (Wildman–Crippen MR) is 149 cm³/mol. The molecule has 3 rings (SSSR count). The third kappa shape index (κ3) is 8.59. The van der Waals surface area contributed by atoms with Crippen LogP contribution in [0.5, 0.6) is 0 Å². The van der Waals surface area contributed by atoms with Crippen molar-refractivity contribution < 1.29 is 15.0 Å². The number of fused-ring (bicyclic) bond motifs is 1. The van der Waals surface area contributed by atoms with Crippen LogP contribution in [0.3, 0.4) is 0 Å². The van der Waals surface area contributed by atoms with Crippen LogP contribution in [-0.2, 0) is 11.2 Å². The average molecular weight is 496 g/mol. The van der Waals surface area contributed by atoms with Gasteiger partial charge < -0.3 is 15.1 Å². The first kappa shape index (κ1) is 28.7. The van der Waals surface area contributed by atoms with Gasteiger partial charge in [-0.2, -0.15) is 0 Å². The van der Waals surface area contributed by atoms with Gasteiger partial charge in [-0.25, -0.2) is 0 Å². The Kier molecular flexibility index (Phi) is 11.7. The number of hydrogen-bond acceptors (Lipinski definition) is 3. The summed E-state index contributed by atoms with van der Waals surface area (Å²) in [5.74, 6) is 1.33. The number of allylic oxidation sites excluding steroid dienone is 2. The van der Waals surface area contributed by atoms with Crippen LogP contribution in [0.15, 0.2) is 48.1 Å². The van der Waals surface area contributed by atoms with Crippen molar-refractivity contribution >= 4 is 5.91 Å². The maximum atomic E-state index is 12.7. The number of unbranched alkanes of at least 4 members (excludes halogenated alkanes) is 3. The molecule has 36 heavy (non-hydrogen) atoms. The molecule has 5 atom stereocenters. The molecule has 0 aliphatic heterocycles. The summed E-state index contributed by atoms with van der Waals surface area (Å²) in [6, 6.07) is 8.27. The minimum Gasteiger partial charge on any atom is -0.392 e. The average Bonchev–Trinajstić information content (AvgIpc) is 3.36. The summed E-state index contributed by atoms with van der Waals surface area (Å²) >= 11 is 0. The number of aliphatic hydroxyl groups is 2. The standard InChI is InChI=1S/C32H49NO3/c1-4-6-17-33(18-7-5-2)32(36)14-9-8-12-26-20-27-23-31(35)29(30(27)22-26)16-15-28(34)21-25-13-10-11-24(3)19-25/h10-11,13,15-16,19-20,27-31,34-35H,4-9,12,14,17-18,21-23H2,1-3H3/t27-,28+,29+,30-,31+/m0/s1. The van der Waals surface area contributed by atoms with E-state index in [-0.39, 0.29) is 12.0 Å². The Morgan fingerprint density at radius 1 is 1.14 bits per heavy atom. The van der Waals surface area contributed by atoms with Crippen LogP contribution in [0.25, 0.3) is 0 Å². The molecule has 0 radical (unpaired) electrons. The topological polar surface area (TPSA) is 60.8 Å². The van der Waals surface area contributed by atoms with Gasteiger partial charge in [-0.05, 0) is 69.3 Å². The van der Waals surface area contributed by atoms with Crippen molar-refractivity contribution in [3.05, 3.63) is 59.2 Å². The fourth-order valence-corrected chi connectivity index (χ4v) is 6.04. The van der Waals surface area contributed by atoms with E-state index in [1.165, 1.54) is 11.1 Å². The second kappa shape index (κ2) is 14.7. The Balaban J connectivity index is 1.42. The van der Waals surface area contributed by atoms with Crippen LogP contribution in [0.1, 0.15) is 89.2 Å². The monoisotopic (exact) mass is 495 g/mol. The number of benzene rings is 1. The highest BCUT2D eigenvalue weighted by atomic mass is 16.3. The normalized spacial score (nSPS) is 24.2. The van der Waals surface area contributed by atoms with Crippen molar-refractivity contribution in [3.63, 3.8) is 0 Å². The summed E-state index contributed by atoms with van der Waals surface area (Å²) in [6.45, 7) is 8.24. The third-order valence-corrected chi connectivity index (χ3v) is 8.09. The molecule has 2 aliphatic carbocycles. The fraction of sp³-hybridized carbons (Fsp3) is 0.656. The molecular weight excluding hydrogens is 446 g/mol. The highest BCUT2D eigenvalue weighted by Gasteiger charge is 2.43. The van der Waals surface area contributed by atoms with Crippen molar-refractivity contribution in [1.82, 2.24) is 4.90 Å². The zero-order valence-corrected chi connectivity index (χ0v) is 22.9. The minimum atomic E-state index is -0.529. The third-order valence-electron chi connectivity index (χ3n) is 8.09. The lowest BCUT2D eigenvalue weighted by Crippen LogP contribution is -2.32. The molecule has 1 saturated carbocycles. The van der Waals surface area contributed by atoms with Crippen LogP contribution in [0, 0.1) is 24.7 Å². The van der Waals surface area contributed by atoms with Gasteiger partial charge >= 0.3 is 0 Å². The molecule has 1 fully saturated rings. The van der Waals surface area contributed by atoms with Gasteiger partial charge in [-0.1, -0.05) is 80.3 Å². The van der Waals surface area contributed by atoms with Crippen LogP contribution < -0.4 is 0 Å². The number of aliphatic hydroxyl groups excluding tert-OH is 2. The number of amides is 1. The molecule has 0 aromatic heterocycles. The molecule has 0 saturated heterocycles. The Morgan fingerprint density at radius 2 is 1.89 bits per heavy atom. The molecule has 2 N–H and O–H groups in total. The SMILES string of the molecule is CCCCN(CCCC)C(=O)CCCCC1=C[C@H]2C[C@@H](O)[C@H](C=C[C@@H](O)Cc3cccc(C)c3)[C@H]2C1. The van der Waals surface area contributed by atoms with Crippen molar-refractivity contribution in [2.45, 2.75) is 104 Å². The second-order valence-corrected chi connectivity index (χ2v) is 11.2. The van der Waals surface area contributed by atoms with Crippen LogP contribution in [-0.4, -0.2) is 46.3 Å². The predicted octanol–water partition coefficient (Wildman–Crippen LogP) is 6.39. The lowest BCUT2D eigenvalue weighted by atomic mass is 9.88. The van der Waals surface area contributed by atoms with Crippen molar-refractivity contribution in [1.29, 1.82) is 0 Å². The number of hydrogen-bond donors (Lipinski definition) is 2. The summed E-state index contributed by atoms with van der Waals surface area (Å²) in [6.07, 6.45) is 16.2. The number of rotatable bonds is 15. The summed E-state index contributed by atoms with van der Waals surface area (Å²) in [5, 5.41) is 21.2. The van der Waals surface area contributed by atoms with Crippen molar-refractivity contribution in [2.24, 2.45) is 17.8 Å². The van der Waals surface area contributed by atoms with E-state index in [2.05, 4.69) is 56.0 Å². The summed E-state index contributed by atoms with van der Waals surface area (Å²) in [7, 11) is 0. The van der Waals surface area contributed by atoms with E-state index in [0.717, 1.165) is 76.4 Å². The van der Waals surface area contributed by atoms with Gasteiger partial charge in [0.15, 0.2) is 0 Å². The maximum Gasteiger partial charge on any atom is 0.222 e. The molecule has 0 heterocycles. The first-order valence-corrected chi connectivity index (χ1v) is 14.5. The summed E-state index contributed by atoms with van der Waals surface area (Å²) in [5.41, 5.74) is 3.84. The van der Waals surface area contributed by atoms with Gasteiger partial charge in [0.05, 0.1) is 12.2 Å². The Hall–Kier alpha value is -1.91. The van der Waals surface area contributed by atoms with Crippen LogP contribution in [0.4, 0.5) is 0 Å². The Morgan fingerprint density at radius 3 is 2.58 bits per heavy atom. The van der Waals surface area contributed by atoms with E-state index >= 15 is 0 Å². The molecule has 0 spiro atoms.